The Hall–Kier alpha value is -2.72. The van der Waals surface area contributed by atoms with Crippen molar-refractivity contribution in [3.05, 3.63) is 77.7 Å². The largest absolute Gasteiger partial charge is 0.511 e. The van der Waals surface area contributed by atoms with E-state index in [9.17, 15) is 14.7 Å². The Morgan fingerprint density at radius 3 is 2.52 bits per heavy atom. The van der Waals surface area contributed by atoms with E-state index in [0.29, 0.717) is 50.0 Å². The van der Waals surface area contributed by atoms with Crippen LogP contribution in [0.25, 0.3) is 27.4 Å². The number of nitrogens with zero attached hydrogens (tertiary/aromatic N) is 1. The molecular weight excluding hydrogens is 338 g/mol. The molecule has 25 heavy (non-hydrogen) atoms. The highest BCUT2D eigenvalue weighted by molar-refractivity contribution is 6.34. The van der Waals surface area contributed by atoms with Crippen molar-refractivity contribution in [2.24, 2.45) is 0 Å². The number of aromatic nitrogens is 1. The molecular formula is C20H14ClNO3. The van der Waals surface area contributed by atoms with Gasteiger partial charge in [0, 0.05) is 22.2 Å². The van der Waals surface area contributed by atoms with Crippen molar-refractivity contribution in [3.63, 3.8) is 0 Å². The number of hydrogen-bond acceptors (Lipinski definition) is 4. The quantitative estimate of drug-likeness (QED) is 0.602. The Morgan fingerprint density at radius 1 is 1.08 bits per heavy atom. The number of aliphatic hydroxyl groups is 1. The Morgan fingerprint density at radius 2 is 1.80 bits per heavy atom. The molecule has 5 heteroatoms. The Labute approximate surface area is 147 Å². The maximum absolute atomic E-state index is 12.9. The molecule has 4 rings (SSSR count). The van der Waals surface area contributed by atoms with Crippen molar-refractivity contribution < 1.29 is 5.11 Å². The average molecular weight is 352 g/mol. The fourth-order valence-corrected chi connectivity index (χ4v) is 3.71. The Balaban J connectivity index is 2.59. The molecule has 1 N–H and O–H groups in total. The van der Waals surface area contributed by atoms with Gasteiger partial charge in [0.25, 0.3) is 5.56 Å². The van der Waals surface area contributed by atoms with Crippen LogP contribution in [0.4, 0.5) is 0 Å². The van der Waals surface area contributed by atoms with Gasteiger partial charge in [0.15, 0.2) is 5.43 Å². The molecule has 0 aromatic heterocycles. The van der Waals surface area contributed by atoms with Crippen LogP contribution in [-0.4, -0.2) is 10.1 Å². The predicted molar refractivity (Wildman–Crippen MR) is 99.4 cm³/mol. The molecule has 2 aromatic carbocycles. The van der Waals surface area contributed by atoms with E-state index < -0.39 is 5.56 Å². The number of halogens is 1. The first-order valence-electron chi connectivity index (χ1n) is 8.07. The van der Waals surface area contributed by atoms with E-state index in [2.05, 4.69) is 4.98 Å². The van der Waals surface area contributed by atoms with Gasteiger partial charge in [-0.1, -0.05) is 42.8 Å². The summed E-state index contributed by atoms with van der Waals surface area (Å²) < 4.78 is 0. The molecule has 124 valence electrons. The van der Waals surface area contributed by atoms with E-state index in [1.165, 1.54) is 0 Å². The lowest BCUT2D eigenvalue weighted by Crippen LogP contribution is -2.32. The van der Waals surface area contributed by atoms with Crippen molar-refractivity contribution in [3.8, 4) is 0 Å². The zero-order valence-electron chi connectivity index (χ0n) is 13.5. The number of benzene rings is 2. The molecule has 0 amide bonds. The van der Waals surface area contributed by atoms with Crippen LogP contribution in [0.5, 0.6) is 0 Å². The third-order valence-corrected chi connectivity index (χ3v) is 4.83. The first-order chi connectivity index (χ1) is 12.0. The zero-order chi connectivity index (χ0) is 17.7. The van der Waals surface area contributed by atoms with Crippen molar-refractivity contribution >= 4 is 39.0 Å². The van der Waals surface area contributed by atoms with E-state index in [1.54, 1.807) is 36.4 Å². The fraction of sp³-hybridized carbons (Fsp3) is 0.150. The van der Waals surface area contributed by atoms with Crippen LogP contribution in [0.15, 0.2) is 46.0 Å². The van der Waals surface area contributed by atoms with E-state index in [4.69, 9.17) is 11.6 Å². The lowest BCUT2D eigenvalue weighted by Gasteiger charge is -2.08. The highest BCUT2D eigenvalue weighted by Crippen LogP contribution is 2.23. The summed E-state index contributed by atoms with van der Waals surface area (Å²) in [6.45, 7) is 1.92. The van der Waals surface area contributed by atoms with Gasteiger partial charge in [0.1, 0.15) is 5.76 Å². The molecule has 0 fully saturated rings. The molecule has 0 atom stereocenters. The fourth-order valence-electron chi connectivity index (χ4n) is 3.46. The van der Waals surface area contributed by atoms with E-state index in [1.807, 2.05) is 6.92 Å². The Kier molecular flexibility index (Phi) is 3.58. The van der Waals surface area contributed by atoms with Gasteiger partial charge in [-0.2, -0.15) is 0 Å². The summed E-state index contributed by atoms with van der Waals surface area (Å²) in [6.07, 6.45) is 1.05. The van der Waals surface area contributed by atoms with Crippen LogP contribution in [0, 0.1) is 10.4 Å². The molecule has 1 aliphatic heterocycles. The molecule has 0 saturated carbocycles. The smallest absolute Gasteiger partial charge is 0.281 e. The predicted octanol–water partition coefficient (Wildman–Crippen LogP) is 3.11. The van der Waals surface area contributed by atoms with E-state index >= 15 is 0 Å². The van der Waals surface area contributed by atoms with Gasteiger partial charge in [-0.15, -0.1) is 0 Å². The molecule has 0 radical (unpaired) electrons. The summed E-state index contributed by atoms with van der Waals surface area (Å²) in [4.78, 5) is 29.7. The topological polar surface area (TPSA) is 67.3 Å². The third kappa shape index (κ3) is 2.18. The van der Waals surface area contributed by atoms with Crippen molar-refractivity contribution in [1.29, 1.82) is 0 Å². The second kappa shape index (κ2) is 5.67. The van der Waals surface area contributed by atoms with Gasteiger partial charge < -0.3 is 5.11 Å². The lowest BCUT2D eigenvalue weighted by molar-refractivity contribution is 0.475. The van der Waals surface area contributed by atoms with Crippen LogP contribution < -0.4 is 16.2 Å². The normalized spacial score (nSPS) is 13.0. The number of rotatable bonds is 2. The summed E-state index contributed by atoms with van der Waals surface area (Å²) in [5, 5.41) is 13.5. The van der Waals surface area contributed by atoms with Gasteiger partial charge in [0.2, 0.25) is 0 Å². The van der Waals surface area contributed by atoms with Crippen molar-refractivity contribution in [1.82, 2.24) is 4.98 Å². The summed E-state index contributed by atoms with van der Waals surface area (Å²) in [5.41, 5.74) is -0.277. The standard InChI is InChI=1S/C20H14ClNO3/c1-2-5-14(23)18-15-10-6-3-4-7-11(10)19(24)16-12(21)8-9-13(17(15)16)22-20(18)25/h3-4,6-9,23H,2,5H2,1H3/b18-14-. The van der Waals surface area contributed by atoms with Crippen LogP contribution in [0.2, 0.25) is 5.02 Å². The molecule has 0 unspecified atom stereocenters. The van der Waals surface area contributed by atoms with Gasteiger partial charge >= 0.3 is 0 Å². The molecule has 2 aromatic rings. The summed E-state index contributed by atoms with van der Waals surface area (Å²) in [5.74, 6) is -0.00743. The highest BCUT2D eigenvalue weighted by atomic mass is 35.5. The van der Waals surface area contributed by atoms with Crippen molar-refractivity contribution in [2.75, 3.05) is 0 Å². The average Bonchev–Trinajstić information content (AvgIpc) is 2.60. The van der Waals surface area contributed by atoms with Crippen LogP contribution in [-0.2, 0) is 0 Å². The lowest BCUT2D eigenvalue weighted by atomic mass is 9.98. The van der Waals surface area contributed by atoms with Crippen LogP contribution >= 0.6 is 11.6 Å². The first kappa shape index (κ1) is 15.8. The van der Waals surface area contributed by atoms with Gasteiger partial charge in [-0.05, 0) is 23.9 Å². The second-order valence-electron chi connectivity index (χ2n) is 6.05. The number of fused-ring (bicyclic) bond motifs is 2. The SMILES string of the molecule is CCC/C(O)=c1/c(=O)nc2ccc(Cl)c3c2=c1c1ccccc1c3=O. The maximum Gasteiger partial charge on any atom is 0.281 e. The first-order valence-corrected chi connectivity index (χ1v) is 8.44. The van der Waals surface area contributed by atoms with E-state index in [-0.39, 0.29) is 16.4 Å². The van der Waals surface area contributed by atoms with Crippen LogP contribution in [0.3, 0.4) is 0 Å². The summed E-state index contributed by atoms with van der Waals surface area (Å²) >= 11 is 6.31. The minimum absolute atomic E-state index is 0.00743. The zero-order valence-corrected chi connectivity index (χ0v) is 14.2. The minimum Gasteiger partial charge on any atom is -0.511 e. The van der Waals surface area contributed by atoms with Gasteiger partial charge in [0.05, 0.1) is 21.1 Å². The summed E-state index contributed by atoms with van der Waals surface area (Å²) in [7, 11) is 0. The molecule has 2 aliphatic rings. The molecule has 0 saturated heterocycles. The minimum atomic E-state index is -0.495. The molecule has 0 bridgehead atoms. The monoisotopic (exact) mass is 351 g/mol. The Bertz CT molecular complexity index is 1360. The highest BCUT2D eigenvalue weighted by Gasteiger charge is 2.16. The third-order valence-electron chi connectivity index (χ3n) is 4.51. The second-order valence-corrected chi connectivity index (χ2v) is 6.46. The molecule has 1 aliphatic carbocycles. The number of hydrogen-bond donors (Lipinski definition) is 1. The molecule has 0 spiro atoms. The van der Waals surface area contributed by atoms with Gasteiger partial charge in [-0.25, -0.2) is 4.98 Å². The van der Waals surface area contributed by atoms with E-state index in [0.717, 1.165) is 0 Å². The summed E-state index contributed by atoms with van der Waals surface area (Å²) in [6, 6.07) is 10.3. The molecule has 4 nitrogen and oxygen atoms in total. The van der Waals surface area contributed by atoms with Crippen molar-refractivity contribution in [2.45, 2.75) is 19.8 Å². The number of aliphatic hydroxyl groups excluding tert-OH is 1. The van der Waals surface area contributed by atoms with Gasteiger partial charge in [-0.3, -0.25) is 9.59 Å². The maximum atomic E-state index is 12.9. The van der Waals surface area contributed by atoms with Crippen LogP contribution in [0.1, 0.15) is 19.8 Å². The molecule has 1 heterocycles.